The zero-order valence-electron chi connectivity index (χ0n) is 16.2. The lowest BCUT2D eigenvalue weighted by molar-refractivity contribution is 0.223. The fourth-order valence-electron chi connectivity index (χ4n) is 2.43. The number of primary sulfonamides is 1. The van der Waals surface area contributed by atoms with Gasteiger partial charge in [-0.2, -0.15) is 0 Å². The van der Waals surface area contributed by atoms with Crippen LogP contribution in [0.1, 0.15) is 12.5 Å². The maximum Gasteiger partial charge on any atom is 0.238 e. The summed E-state index contributed by atoms with van der Waals surface area (Å²) in [6.45, 7) is 2.86. The molecule has 8 nitrogen and oxygen atoms in total. The second-order valence-corrected chi connectivity index (χ2v) is 7.67. The van der Waals surface area contributed by atoms with E-state index in [4.69, 9.17) is 14.6 Å². The molecule has 2 aromatic carbocycles. The molecule has 0 heterocycles. The van der Waals surface area contributed by atoms with E-state index in [0.717, 1.165) is 17.1 Å². The van der Waals surface area contributed by atoms with Crippen molar-refractivity contribution in [2.75, 3.05) is 20.7 Å². The lowest BCUT2D eigenvalue weighted by Crippen LogP contribution is -2.41. The Morgan fingerprint density at radius 3 is 2.54 bits per heavy atom. The molecule has 28 heavy (non-hydrogen) atoms. The van der Waals surface area contributed by atoms with E-state index >= 15 is 0 Å². The second-order valence-electron chi connectivity index (χ2n) is 6.11. The Labute approximate surface area is 165 Å². The average molecular weight is 407 g/mol. The molecule has 1 atom stereocenters. The summed E-state index contributed by atoms with van der Waals surface area (Å²) in [5, 5.41) is 11.5. The van der Waals surface area contributed by atoms with Crippen molar-refractivity contribution in [2.45, 2.75) is 24.5 Å². The Morgan fingerprint density at radius 2 is 1.86 bits per heavy atom. The van der Waals surface area contributed by atoms with Crippen molar-refractivity contribution < 1.29 is 17.9 Å². The first-order chi connectivity index (χ1) is 13.3. The van der Waals surface area contributed by atoms with E-state index in [2.05, 4.69) is 15.6 Å². The summed E-state index contributed by atoms with van der Waals surface area (Å²) < 4.78 is 33.9. The zero-order chi connectivity index (χ0) is 20.6. The molecular formula is C19H26N4O4S. The highest BCUT2D eigenvalue weighted by Gasteiger charge is 2.09. The van der Waals surface area contributed by atoms with Gasteiger partial charge in [0.05, 0.1) is 18.6 Å². The smallest absolute Gasteiger partial charge is 0.238 e. The molecule has 0 saturated heterocycles. The van der Waals surface area contributed by atoms with Gasteiger partial charge in [-0.05, 0) is 36.8 Å². The second kappa shape index (κ2) is 9.95. The van der Waals surface area contributed by atoms with Gasteiger partial charge in [-0.1, -0.05) is 18.2 Å². The average Bonchev–Trinajstić information content (AvgIpc) is 2.68. The van der Waals surface area contributed by atoms with E-state index in [1.807, 2.05) is 37.3 Å². The van der Waals surface area contributed by atoms with Crippen LogP contribution in [0, 0.1) is 0 Å². The van der Waals surface area contributed by atoms with Crippen molar-refractivity contribution in [3.63, 3.8) is 0 Å². The summed E-state index contributed by atoms with van der Waals surface area (Å²) >= 11 is 0. The molecule has 0 spiro atoms. The molecule has 0 amide bonds. The van der Waals surface area contributed by atoms with Crippen LogP contribution in [0.5, 0.6) is 11.5 Å². The molecule has 1 unspecified atom stereocenters. The molecule has 0 saturated carbocycles. The number of rotatable bonds is 8. The van der Waals surface area contributed by atoms with Crippen LogP contribution in [-0.2, 0) is 16.6 Å². The molecule has 0 aromatic heterocycles. The first-order valence-electron chi connectivity index (χ1n) is 8.69. The molecule has 0 aliphatic heterocycles. The van der Waals surface area contributed by atoms with Crippen molar-refractivity contribution >= 4 is 16.0 Å². The normalized spacial score (nSPS) is 12.9. The Balaban J connectivity index is 1.86. The summed E-state index contributed by atoms with van der Waals surface area (Å²) in [6, 6.07) is 13.9. The number of nitrogens with two attached hydrogens (primary N) is 1. The third-order valence-electron chi connectivity index (χ3n) is 3.85. The third-order valence-corrected chi connectivity index (χ3v) is 4.76. The fourth-order valence-corrected chi connectivity index (χ4v) is 3.01. The van der Waals surface area contributed by atoms with Gasteiger partial charge in [-0.3, -0.25) is 4.99 Å². The summed E-state index contributed by atoms with van der Waals surface area (Å²) in [6.07, 6.45) is -0.114. The SMILES string of the molecule is CN=C(NCc1cccc(S(N)(=O)=O)c1)NCC(C)Oc1cccc(OC)c1. The third kappa shape index (κ3) is 6.75. The number of hydrogen-bond acceptors (Lipinski definition) is 5. The first kappa shape index (κ1) is 21.5. The quantitative estimate of drug-likeness (QED) is 0.452. The molecule has 2 aromatic rings. The number of guanidine groups is 1. The van der Waals surface area contributed by atoms with Crippen molar-refractivity contribution in [1.82, 2.24) is 10.6 Å². The van der Waals surface area contributed by atoms with Gasteiger partial charge in [0.15, 0.2) is 5.96 Å². The predicted molar refractivity (Wildman–Crippen MR) is 109 cm³/mol. The summed E-state index contributed by atoms with van der Waals surface area (Å²) in [5.74, 6) is 2.02. The van der Waals surface area contributed by atoms with E-state index in [9.17, 15) is 8.42 Å². The van der Waals surface area contributed by atoms with Crippen LogP contribution in [0.2, 0.25) is 0 Å². The summed E-state index contributed by atoms with van der Waals surface area (Å²) in [7, 11) is -0.459. The maximum atomic E-state index is 11.4. The Bertz CT molecular complexity index is 916. The van der Waals surface area contributed by atoms with Crippen LogP contribution in [0.3, 0.4) is 0 Å². The molecule has 0 aliphatic rings. The molecular weight excluding hydrogens is 380 g/mol. The summed E-state index contributed by atoms with van der Waals surface area (Å²) in [5.41, 5.74) is 0.773. The fraction of sp³-hybridized carbons (Fsp3) is 0.316. The van der Waals surface area contributed by atoms with Gasteiger partial charge in [-0.25, -0.2) is 13.6 Å². The van der Waals surface area contributed by atoms with Crippen molar-refractivity contribution in [1.29, 1.82) is 0 Å². The van der Waals surface area contributed by atoms with Gasteiger partial charge in [-0.15, -0.1) is 0 Å². The zero-order valence-corrected chi connectivity index (χ0v) is 17.0. The van der Waals surface area contributed by atoms with Gasteiger partial charge >= 0.3 is 0 Å². The molecule has 0 aliphatic carbocycles. The van der Waals surface area contributed by atoms with Gasteiger partial charge in [0.1, 0.15) is 17.6 Å². The van der Waals surface area contributed by atoms with Crippen molar-refractivity contribution in [3.8, 4) is 11.5 Å². The number of aliphatic imine (C=N–C) groups is 1. The van der Waals surface area contributed by atoms with Gasteiger partial charge in [0.2, 0.25) is 10.0 Å². The Kier molecular flexibility index (Phi) is 7.65. The first-order valence-corrected chi connectivity index (χ1v) is 10.2. The Hall–Kier alpha value is -2.78. The highest BCUT2D eigenvalue weighted by Crippen LogP contribution is 2.19. The van der Waals surface area contributed by atoms with E-state index in [0.29, 0.717) is 19.0 Å². The van der Waals surface area contributed by atoms with Crippen LogP contribution in [-0.4, -0.2) is 41.2 Å². The number of benzene rings is 2. The van der Waals surface area contributed by atoms with E-state index in [-0.39, 0.29) is 11.0 Å². The van der Waals surface area contributed by atoms with E-state index in [1.165, 1.54) is 12.1 Å². The number of ether oxygens (including phenoxy) is 2. The van der Waals surface area contributed by atoms with Crippen LogP contribution in [0.15, 0.2) is 58.4 Å². The molecule has 0 bridgehead atoms. The van der Waals surface area contributed by atoms with Crippen LogP contribution < -0.4 is 25.2 Å². The Morgan fingerprint density at radius 1 is 1.14 bits per heavy atom. The lowest BCUT2D eigenvalue weighted by Gasteiger charge is -2.18. The number of methoxy groups -OCH3 is 1. The number of nitrogens with zero attached hydrogens (tertiary/aromatic N) is 1. The van der Waals surface area contributed by atoms with Crippen LogP contribution >= 0.6 is 0 Å². The monoisotopic (exact) mass is 406 g/mol. The van der Waals surface area contributed by atoms with E-state index < -0.39 is 10.0 Å². The molecule has 2 rings (SSSR count). The molecule has 9 heteroatoms. The van der Waals surface area contributed by atoms with E-state index in [1.54, 1.807) is 20.2 Å². The summed E-state index contributed by atoms with van der Waals surface area (Å²) in [4.78, 5) is 4.24. The molecule has 0 radical (unpaired) electrons. The largest absolute Gasteiger partial charge is 0.497 e. The minimum absolute atomic E-state index is 0.0788. The van der Waals surface area contributed by atoms with Crippen LogP contribution in [0.4, 0.5) is 0 Å². The lowest BCUT2D eigenvalue weighted by atomic mass is 10.2. The van der Waals surface area contributed by atoms with Gasteiger partial charge in [0, 0.05) is 19.7 Å². The van der Waals surface area contributed by atoms with Crippen LogP contribution in [0.25, 0.3) is 0 Å². The minimum Gasteiger partial charge on any atom is -0.497 e. The topological polar surface area (TPSA) is 115 Å². The van der Waals surface area contributed by atoms with Gasteiger partial charge in [0.25, 0.3) is 0 Å². The standard InChI is InChI=1S/C19H26N4O4S/c1-14(27-17-8-5-7-16(11-17)26-3)12-22-19(21-2)23-13-15-6-4-9-18(10-15)28(20,24)25/h4-11,14H,12-13H2,1-3H3,(H2,20,24,25)(H2,21,22,23). The molecule has 0 fully saturated rings. The number of sulfonamides is 1. The molecule has 4 N–H and O–H groups in total. The highest BCUT2D eigenvalue weighted by atomic mass is 32.2. The van der Waals surface area contributed by atoms with Crippen molar-refractivity contribution in [3.05, 3.63) is 54.1 Å². The minimum atomic E-state index is -3.72. The maximum absolute atomic E-state index is 11.4. The number of nitrogens with one attached hydrogen (secondary N) is 2. The number of hydrogen-bond donors (Lipinski definition) is 3. The highest BCUT2D eigenvalue weighted by molar-refractivity contribution is 7.89. The van der Waals surface area contributed by atoms with Crippen molar-refractivity contribution in [2.24, 2.45) is 10.1 Å². The predicted octanol–water partition coefficient (Wildman–Crippen LogP) is 1.48. The van der Waals surface area contributed by atoms with Gasteiger partial charge < -0.3 is 20.1 Å². The molecule has 152 valence electrons.